The number of phenolic OH excluding ortho intramolecular Hbond substituents is 1. The Labute approximate surface area is 112 Å². The molecule has 0 fully saturated rings. The van der Waals surface area contributed by atoms with Crippen molar-refractivity contribution in [3.8, 4) is 11.5 Å². The van der Waals surface area contributed by atoms with Gasteiger partial charge in [-0.3, -0.25) is 0 Å². The summed E-state index contributed by atoms with van der Waals surface area (Å²) in [6.45, 7) is 3.68. The zero-order chi connectivity index (χ0) is 14.0. The van der Waals surface area contributed by atoms with Crippen LogP contribution in [-0.2, 0) is 13.0 Å². The summed E-state index contributed by atoms with van der Waals surface area (Å²) in [5.41, 5.74) is 4.03. The molecule has 0 aliphatic heterocycles. The van der Waals surface area contributed by atoms with Crippen LogP contribution in [0.5, 0.6) is 11.5 Å². The monoisotopic (exact) mass is 258 g/mol. The fourth-order valence-corrected chi connectivity index (χ4v) is 2.25. The van der Waals surface area contributed by atoms with Crippen LogP contribution in [0, 0.1) is 13.8 Å². The van der Waals surface area contributed by atoms with Crippen LogP contribution in [0.3, 0.4) is 0 Å². The minimum absolute atomic E-state index is 0.106. The summed E-state index contributed by atoms with van der Waals surface area (Å²) in [5, 5.41) is 29.2. The van der Waals surface area contributed by atoms with Gasteiger partial charge in [0.1, 0.15) is 11.5 Å². The Bertz CT molecular complexity index is 603. The molecule has 0 atom stereocenters. The molecule has 100 valence electrons. The maximum Gasteiger partial charge on any atom is 0.124 e. The Balaban J connectivity index is 2.43. The topological polar surface area (TPSA) is 60.7 Å². The van der Waals surface area contributed by atoms with Gasteiger partial charge in [0.25, 0.3) is 0 Å². The molecule has 3 heteroatoms. The summed E-state index contributed by atoms with van der Waals surface area (Å²) in [5.74, 6) is 0.325. The van der Waals surface area contributed by atoms with Gasteiger partial charge in [0, 0.05) is 12.0 Å². The highest BCUT2D eigenvalue weighted by molar-refractivity contribution is 5.48. The maximum absolute atomic E-state index is 10.1. The number of hydrogen-bond donors (Lipinski definition) is 3. The summed E-state index contributed by atoms with van der Waals surface area (Å²) < 4.78 is 0. The van der Waals surface area contributed by atoms with E-state index in [0.29, 0.717) is 17.5 Å². The molecule has 0 saturated heterocycles. The molecule has 2 rings (SSSR count). The minimum atomic E-state index is -0.194. The number of aryl methyl sites for hydroxylation is 2. The first kappa shape index (κ1) is 13.4. The first-order valence-electron chi connectivity index (χ1n) is 6.22. The standard InChI is InChI=1S/C16H18O3/c1-10-3-4-15(18)12(5-10)8-13-6-11(2)7-14(9-17)16(13)19/h3-7,17-19H,8-9H2,1-2H3. The van der Waals surface area contributed by atoms with E-state index in [1.807, 2.05) is 32.0 Å². The maximum atomic E-state index is 10.1. The Morgan fingerprint density at radius 3 is 2.16 bits per heavy atom. The van der Waals surface area contributed by atoms with Crippen molar-refractivity contribution in [2.45, 2.75) is 26.9 Å². The molecule has 0 radical (unpaired) electrons. The van der Waals surface area contributed by atoms with Gasteiger partial charge in [-0.1, -0.05) is 35.4 Å². The molecule has 0 heterocycles. The Hall–Kier alpha value is -2.00. The van der Waals surface area contributed by atoms with E-state index in [1.54, 1.807) is 12.1 Å². The van der Waals surface area contributed by atoms with Crippen molar-refractivity contribution in [2.24, 2.45) is 0 Å². The van der Waals surface area contributed by atoms with E-state index in [9.17, 15) is 15.3 Å². The highest BCUT2D eigenvalue weighted by Gasteiger charge is 2.11. The van der Waals surface area contributed by atoms with E-state index in [4.69, 9.17) is 0 Å². The number of aromatic hydroxyl groups is 2. The molecule has 0 bridgehead atoms. The van der Waals surface area contributed by atoms with Crippen molar-refractivity contribution in [3.63, 3.8) is 0 Å². The third-order valence-electron chi connectivity index (χ3n) is 3.20. The molecule has 2 aromatic carbocycles. The van der Waals surface area contributed by atoms with E-state index in [-0.39, 0.29) is 18.1 Å². The zero-order valence-corrected chi connectivity index (χ0v) is 11.1. The molecule has 0 aromatic heterocycles. The smallest absolute Gasteiger partial charge is 0.124 e. The number of aliphatic hydroxyl groups is 1. The SMILES string of the molecule is Cc1ccc(O)c(Cc2cc(C)cc(CO)c2O)c1. The molecule has 2 aromatic rings. The van der Waals surface area contributed by atoms with Gasteiger partial charge in [0.15, 0.2) is 0 Å². The largest absolute Gasteiger partial charge is 0.508 e. The van der Waals surface area contributed by atoms with Crippen LogP contribution in [0.25, 0.3) is 0 Å². The molecule has 0 amide bonds. The van der Waals surface area contributed by atoms with Crippen molar-refractivity contribution < 1.29 is 15.3 Å². The molecular formula is C16H18O3. The lowest BCUT2D eigenvalue weighted by atomic mass is 9.97. The highest BCUT2D eigenvalue weighted by atomic mass is 16.3. The molecule has 0 saturated carbocycles. The second-order valence-electron chi connectivity index (χ2n) is 4.90. The average molecular weight is 258 g/mol. The van der Waals surface area contributed by atoms with Gasteiger partial charge >= 0.3 is 0 Å². The fourth-order valence-electron chi connectivity index (χ4n) is 2.25. The summed E-state index contributed by atoms with van der Waals surface area (Å²) >= 11 is 0. The van der Waals surface area contributed by atoms with Crippen LogP contribution < -0.4 is 0 Å². The molecule has 3 nitrogen and oxygen atoms in total. The summed E-state index contributed by atoms with van der Waals surface area (Å²) in [4.78, 5) is 0. The van der Waals surface area contributed by atoms with Gasteiger partial charge in [0.05, 0.1) is 6.61 Å². The molecule has 0 aliphatic rings. The van der Waals surface area contributed by atoms with Gasteiger partial charge in [-0.15, -0.1) is 0 Å². The predicted octanol–water partition coefficient (Wildman–Crippen LogP) is 2.80. The lowest BCUT2D eigenvalue weighted by molar-refractivity contribution is 0.275. The van der Waals surface area contributed by atoms with E-state index >= 15 is 0 Å². The van der Waals surface area contributed by atoms with Crippen molar-refractivity contribution in [3.05, 3.63) is 58.1 Å². The van der Waals surface area contributed by atoms with E-state index < -0.39 is 0 Å². The van der Waals surface area contributed by atoms with Crippen LogP contribution >= 0.6 is 0 Å². The average Bonchev–Trinajstić information content (AvgIpc) is 2.37. The van der Waals surface area contributed by atoms with Gasteiger partial charge < -0.3 is 15.3 Å². The lowest BCUT2D eigenvalue weighted by Gasteiger charge is -2.11. The van der Waals surface area contributed by atoms with Gasteiger partial charge in [-0.25, -0.2) is 0 Å². The van der Waals surface area contributed by atoms with Gasteiger partial charge in [-0.2, -0.15) is 0 Å². The highest BCUT2D eigenvalue weighted by Crippen LogP contribution is 2.29. The van der Waals surface area contributed by atoms with Crippen molar-refractivity contribution in [1.29, 1.82) is 0 Å². The number of hydrogen-bond acceptors (Lipinski definition) is 3. The van der Waals surface area contributed by atoms with Crippen LogP contribution in [0.2, 0.25) is 0 Å². The predicted molar refractivity (Wildman–Crippen MR) is 74.4 cm³/mol. The number of aliphatic hydroxyl groups excluding tert-OH is 1. The van der Waals surface area contributed by atoms with Crippen LogP contribution in [0.4, 0.5) is 0 Å². The fraction of sp³-hybridized carbons (Fsp3) is 0.250. The molecule has 0 spiro atoms. The second-order valence-corrected chi connectivity index (χ2v) is 4.90. The third-order valence-corrected chi connectivity index (χ3v) is 3.20. The Morgan fingerprint density at radius 1 is 0.842 bits per heavy atom. The lowest BCUT2D eigenvalue weighted by Crippen LogP contribution is -1.95. The van der Waals surface area contributed by atoms with E-state index in [1.165, 1.54) is 0 Å². The van der Waals surface area contributed by atoms with Gasteiger partial charge in [-0.05, 0) is 31.0 Å². The normalized spacial score (nSPS) is 10.7. The first-order valence-corrected chi connectivity index (χ1v) is 6.22. The van der Waals surface area contributed by atoms with E-state index in [0.717, 1.165) is 16.7 Å². The molecule has 0 aliphatic carbocycles. The molecule has 3 N–H and O–H groups in total. The second kappa shape index (κ2) is 5.33. The van der Waals surface area contributed by atoms with Crippen molar-refractivity contribution in [2.75, 3.05) is 0 Å². The van der Waals surface area contributed by atoms with Crippen LogP contribution in [0.1, 0.15) is 27.8 Å². The minimum Gasteiger partial charge on any atom is -0.508 e. The van der Waals surface area contributed by atoms with Crippen molar-refractivity contribution >= 4 is 0 Å². The summed E-state index contributed by atoms with van der Waals surface area (Å²) in [7, 11) is 0. The zero-order valence-electron chi connectivity index (χ0n) is 11.1. The Morgan fingerprint density at radius 2 is 1.47 bits per heavy atom. The quantitative estimate of drug-likeness (QED) is 0.793. The van der Waals surface area contributed by atoms with Crippen LogP contribution in [0.15, 0.2) is 30.3 Å². The first-order chi connectivity index (χ1) is 9.01. The summed E-state index contributed by atoms with van der Waals surface area (Å²) in [6.07, 6.45) is 0.439. The molecular weight excluding hydrogens is 240 g/mol. The third kappa shape index (κ3) is 2.88. The molecule has 19 heavy (non-hydrogen) atoms. The molecule has 0 unspecified atom stereocenters. The van der Waals surface area contributed by atoms with Crippen molar-refractivity contribution in [1.82, 2.24) is 0 Å². The van der Waals surface area contributed by atoms with Crippen LogP contribution in [-0.4, -0.2) is 15.3 Å². The van der Waals surface area contributed by atoms with E-state index in [2.05, 4.69) is 0 Å². The number of phenols is 2. The van der Waals surface area contributed by atoms with Gasteiger partial charge in [0.2, 0.25) is 0 Å². The Kier molecular flexibility index (Phi) is 3.76. The number of benzene rings is 2. The number of rotatable bonds is 3. The summed E-state index contributed by atoms with van der Waals surface area (Å²) in [6, 6.07) is 9.03.